The summed E-state index contributed by atoms with van der Waals surface area (Å²) in [5, 5.41) is 10.3. The summed E-state index contributed by atoms with van der Waals surface area (Å²) in [5.74, 6) is 0.825. The standard InChI is InChI=1S/C14H18BrNO2/c1-9-6-14(8-16(9)2)7-12(17)11-4-3-10(15)5-13(11)18-14/h3-5,9,12,17H,6-8H2,1-2H3/t9?,12-,14?/m1/s1. The largest absolute Gasteiger partial charge is 0.485 e. The molecular weight excluding hydrogens is 294 g/mol. The van der Waals surface area contributed by atoms with E-state index in [0.29, 0.717) is 12.5 Å². The van der Waals surface area contributed by atoms with Crippen molar-refractivity contribution in [2.24, 2.45) is 0 Å². The zero-order valence-corrected chi connectivity index (χ0v) is 12.3. The lowest BCUT2D eigenvalue weighted by molar-refractivity contribution is -0.00613. The van der Waals surface area contributed by atoms with E-state index in [1.807, 2.05) is 18.2 Å². The third kappa shape index (κ3) is 1.96. The van der Waals surface area contributed by atoms with Crippen LogP contribution >= 0.6 is 15.9 Å². The summed E-state index contributed by atoms with van der Waals surface area (Å²) in [5.41, 5.74) is 0.688. The molecule has 1 aromatic rings. The number of likely N-dealkylation sites (N-methyl/N-ethyl adjacent to an activating group) is 1. The fraction of sp³-hybridized carbons (Fsp3) is 0.571. The van der Waals surface area contributed by atoms with Crippen LogP contribution < -0.4 is 4.74 Å². The Morgan fingerprint density at radius 2 is 2.22 bits per heavy atom. The zero-order chi connectivity index (χ0) is 12.9. The molecule has 4 heteroatoms. The van der Waals surface area contributed by atoms with Crippen molar-refractivity contribution in [2.45, 2.75) is 37.5 Å². The summed E-state index contributed by atoms with van der Waals surface area (Å²) >= 11 is 3.46. The topological polar surface area (TPSA) is 32.7 Å². The van der Waals surface area contributed by atoms with E-state index in [4.69, 9.17) is 4.74 Å². The molecule has 3 rings (SSSR count). The SMILES string of the molecule is CC1CC2(C[C@@H](O)c3ccc(Br)cc3O2)CN1C. The predicted molar refractivity (Wildman–Crippen MR) is 73.8 cm³/mol. The maximum absolute atomic E-state index is 10.3. The van der Waals surface area contributed by atoms with Crippen LogP contribution in [0.4, 0.5) is 0 Å². The van der Waals surface area contributed by atoms with E-state index in [1.54, 1.807) is 0 Å². The Morgan fingerprint density at radius 3 is 2.89 bits per heavy atom. The monoisotopic (exact) mass is 311 g/mol. The van der Waals surface area contributed by atoms with Crippen LogP contribution in [0.15, 0.2) is 22.7 Å². The van der Waals surface area contributed by atoms with E-state index < -0.39 is 6.10 Å². The number of benzene rings is 1. The quantitative estimate of drug-likeness (QED) is 0.799. The van der Waals surface area contributed by atoms with Gasteiger partial charge >= 0.3 is 0 Å². The fourth-order valence-corrected chi connectivity index (χ4v) is 3.54. The maximum atomic E-state index is 10.3. The molecule has 3 atom stereocenters. The molecule has 0 amide bonds. The van der Waals surface area contributed by atoms with Gasteiger partial charge in [0.15, 0.2) is 0 Å². The van der Waals surface area contributed by atoms with Gasteiger partial charge in [0.25, 0.3) is 0 Å². The number of halogens is 1. The van der Waals surface area contributed by atoms with Gasteiger partial charge in [-0.25, -0.2) is 0 Å². The van der Waals surface area contributed by atoms with Gasteiger partial charge in [0.2, 0.25) is 0 Å². The summed E-state index contributed by atoms with van der Waals surface area (Å²) in [4.78, 5) is 2.30. The number of aliphatic hydroxyl groups excluding tert-OH is 1. The molecule has 0 bridgehead atoms. The second-order valence-corrected chi connectivity index (χ2v) is 6.57. The van der Waals surface area contributed by atoms with Crippen molar-refractivity contribution in [2.75, 3.05) is 13.6 Å². The third-order valence-corrected chi connectivity index (χ3v) is 4.68. The lowest BCUT2D eigenvalue weighted by atomic mass is 9.87. The molecule has 0 radical (unpaired) electrons. The first kappa shape index (κ1) is 12.5. The lowest BCUT2D eigenvalue weighted by Gasteiger charge is -2.38. The molecule has 98 valence electrons. The summed E-state index contributed by atoms with van der Waals surface area (Å²) in [7, 11) is 2.12. The first-order chi connectivity index (χ1) is 8.49. The van der Waals surface area contributed by atoms with Crippen molar-refractivity contribution in [3.05, 3.63) is 28.2 Å². The highest BCUT2D eigenvalue weighted by Crippen LogP contribution is 2.45. The van der Waals surface area contributed by atoms with E-state index in [2.05, 4.69) is 34.8 Å². The minimum absolute atomic E-state index is 0.221. The molecule has 18 heavy (non-hydrogen) atoms. The number of likely N-dealkylation sites (tertiary alicyclic amines) is 1. The molecule has 2 unspecified atom stereocenters. The zero-order valence-electron chi connectivity index (χ0n) is 10.7. The average Bonchev–Trinajstić information content (AvgIpc) is 2.52. The number of hydrogen-bond donors (Lipinski definition) is 1. The maximum Gasteiger partial charge on any atom is 0.127 e. The number of fused-ring (bicyclic) bond motifs is 1. The van der Waals surface area contributed by atoms with E-state index in [-0.39, 0.29) is 5.60 Å². The fourth-order valence-electron chi connectivity index (χ4n) is 3.20. The minimum atomic E-state index is -0.416. The number of hydrogen-bond acceptors (Lipinski definition) is 3. The second-order valence-electron chi connectivity index (χ2n) is 5.66. The van der Waals surface area contributed by atoms with E-state index in [0.717, 1.165) is 28.8 Å². The molecule has 2 aliphatic rings. The van der Waals surface area contributed by atoms with Gasteiger partial charge in [0, 0.05) is 35.5 Å². The molecule has 1 saturated heterocycles. The first-order valence-electron chi connectivity index (χ1n) is 6.36. The third-order valence-electron chi connectivity index (χ3n) is 4.18. The van der Waals surface area contributed by atoms with Gasteiger partial charge < -0.3 is 9.84 Å². The van der Waals surface area contributed by atoms with Crippen molar-refractivity contribution in [1.29, 1.82) is 0 Å². The lowest BCUT2D eigenvalue weighted by Crippen LogP contribution is -2.43. The first-order valence-corrected chi connectivity index (χ1v) is 7.15. The minimum Gasteiger partial charge on any atom is -0.485 e. The van der Waals surface area contributed by atoms with Gasteiger partial charge in [0.05, 0.1) is 6.10 Å². The molecule has 1 fully saturated rings. The summed E-state index contributed by atoms with van der Waals surface area (Å²) in [6, 6.07) is 6.36. The molecular formula is C14H18BrNO2. The summed E-state index contributed by atoms with van der Waals surface area (Å²) in [6.07, 6.45) is 1.25. The molecule has 0 aliphatic carbocycles. The van der Waals surface area contributed by atoms with Crippen LogP contribution in [0.2, 0.25) is 0 Å². The highest BCUT2D eigenvalue weighted by atomic mass is 79.9. The Labute approximate surface area is 116 Å². The van der Waals surface area contributed by atoms with Crippen LogP contribution in [0.5, 0.6) is 5.75 Å². The van der Waals surface area contributed by atoms with E-state index in [9.17, 15) is 5.11 Å². The molecule has 0 aromatic heterocycles. The van der Waals surface area contributed by atoms with Gasteiger partial charge in [-0.05, 0) is 26.1 Å². The van der Waals surface area contributed by atoms with Gasteiger partial charge in [-0.1, -0.05) is 22.0 Å². The summed E-state index contributed by atoms with van der Waals surface area (Å²) < 4.78 is 7.23. The Hall–Kier alpha value is -0.580. The Balaban J connectivity index is 1.96. The Kier molecular flexibility index (Phi) is 2.92. The van der Waals surface area contributed by atoms with Crippen LogP contribution in [0.3, 0.4) is 0 Å². The summed E-state index contributed by atoms with van der Waals surface area (Å²) in [6.45, 7) is 3.10. The van der Waals surface area contributed by atoms with Crippen LogP contribution in [-0.2, 0) is 0 Å². The van der Waals surface area contributed by atoms with Gasteiger partial charge in [-0.2, -0.15) is 0 Å². The average molecular weight is 312 g/mol. The van der Waals surface area contributed by atoms with Crippen molar-refractivity contribution in [3.8, 4) is 5.75 Å². The smallest absolute Gasteiger partial charge is 0.127 e. The van der Waals surface area contributed by atoms with Crippen molar-refractivity contribution in [1.82, 2.24) is 4.90 Å². The predicted octanol–water partition coefficient (Wildman–Crippen LogP) is 2.73. The van der Waals surface area contributed by atoms with E-state index >= 15 is 0 Å². The van der Waals surface area contributed by atoms with Crippen LogP contribution in [-0.4, -0.2) is 35.2 Å². The molecule has 2 aliphatic heterocycles. The van der Waals surface area contributed by atoms with Crippen LogP contribution in [0.1, 0.15) is 31.4 Å². The number of ether oxygens (including phenoxy) is 1. The molecule has 2 heterocycles. The van der Waals surface area contributed by atoms with Crippen LogP contribution in [0.25, 0.3) is 0 Å². The van der Waals surface area contributed by atoms with Gasteiger partial charge in [-0.15, -0.1) is 0 Å². The number of rotatable bonds is 0. The van der Waals surface area contributed by atoms with Crippen LogP contribution in [0, 0.1) is 0 Å². The Bertz CT molecular complexity index is 467. The highest BCUT2D eigenvalue weighted by molar-refractivity contribution is 9.10. The van der Waals surface area contributed by atoms with E-state index in [1.165, 1.54) is 0 Å². The van der Waals surface area contributed by atoms with Crippen molar-refractivity contribution < 1.29 is 9.84 Å². The number of aliphatic hydroxyl groups is 1. The highest BCUT2D eigenvalue weighted by Gasteiger charge is 2.47. The van der Waals surface area contributed by atoms with Gasteiger partial charge in [0.1, 0.15) is 11.4 Å². The molecule has 1 aromatic carbocycles. The van der Waals surface area contributed by atoms with Crippen molar-refractivity contribution >= 4 is 15.9 Å². The van der Waals surface area contributed by atoms with Gasteiger partial charge in [-0.3, -0.25) is 4.90 Å². The molecule has 1 N–H and O–H groups in total. The van der Waals surface area contributed by atoms with Crippen molar-refractivity contribution in [3.63, 3.8) is 0 Å². The molecule has 1 spiro atoms. The normalized spacial score (nSPS) is 35.6. The Morgan fingerprint density at radius 1 is 1.44 bits per heavy atom. The molecule has 3 nitrogen and oxygen atoms in total. The molecule has 0 saturated carbocycles. The number of nitrogens with zero attached hydrogens (tertiary/aromatic N) is 1. The second kappa shape index (κ2) is 4.22.